The highest BCUT2D eigenvalue weighted by Crippen LogP contribution is 2.21. The van der Waals surface area contributed by atoms with Gasteiger partial charge in [0.25, 0.3) is 0 Å². The zero-order valence-electron chi connectivity index (χ0n) is 6.53. The molecule has 1 rings (SSSR count). The zero-order chi connectivity index (χ0) is 8.97. The maximum absolute atomic E-state index is 10.8. The zero-order valence-corrected chi connectivity index (χ0v) is 6.53. The van der Waals surface area contributed by atoms with Crippen LogP contribution < -0.4 is 0 Å². The van der Waals surface area contributed by atoms with Gasteiger partial charge < -0.3 is 9.84 Å². The van der Waals surface area contributed by atoms with Crippen molar-refractivity contribution >= 4 is 11.9 Å². The van der Waals surface area contributed by atoms with Crippen molar-refractivity contribution in [3.8, 4) is 0 Å². The van der Waals surface area contributed by atoms with Crippen molar-refractivity contribution in [2.24, 2.45) is 0 Å². The predicted octanol–water partition coefficient (Wildman–Crippen LogP) is 0.723. The average molecular weight is 170 g/mol. The SMILES string of the molecule is O=C(O)/C=C\C(=O)OC1CCC1. The molecule has 0 atom stereocenters. The molecule has 0 unspecified atom stereocenters. The summed E-state index contributed by atoms with van der Waals surface area (Å²) >= 11 is 0. The first-order valence-corrected chi connectivity index (χ1v) is 3.80. The van der Waals surface area contributed by atoms with E-state index in [1.165, 1.54) is 0 Å². The van der Waals surface area contributed by atoms with E-state index in [0.29, 0.717) is 0 Å². The molecule has 12 heavy (non-hydrogen) atoms. The van der Waals surface area contributed by atoms with Gasteiger partial charge in [0.05, 0.1) is 0 Å². The topological polar surface area (TPSA) is 63.6 Å². The minimum Gasteiger partial charge on any atom is -0.478 e. The van der Waals surface area contributed by atoms with Crippen LogP contribution in [0.5, 0.6) is 0 Å². The molecule has 0 aromatic rings. The number of carbonyl (C=O) groups is 2. The molecule has 4 nitrogen and oxygen atoms in total. The van der Waals surface area contributed by atoms with Gasteiger partial charge in [-0.15, -0.1) is 0 Å². The molecule has 1 N–H and O–H groups in total. The number of hydrogen-bond donors (Lipinski definition) is 1. The Kier molecular flexibility index (Phi) is 2.85. The van der Waals surface area contributed by atoms with Crippen LogP contribution in [0.4, 0.5) is 0 Å². The molecule has 0 amide bonds. The van der Waals surface area contributed by atoms with E-state index in [1.807, 2.05) is 0 Å². The summed E-state index contributed by atoms with van der Waals surface area (Å²) in [6.07, 6.45) is 4.60. The summed E-state index contributed by atoms with van der Waals surface area (Å²) in [4.78, 5) is 20.8. The maximum Gasteiger partial charge on any atom is 0.331 e. The third-order valence-electron chi connectivity index (χ3n) is 1.70. The number of ether oxygens (including phenoxy) is 1. The van der Waals surface area contributed by atoms with Crippen LogP contribution in [-0.2, 0) is 14.3 Å². The second-order valence-electron chi connectivity index (χ2n) is 2.66. The number of aliphatic carboxylic acids is 1. The second kappa shape index (κ2) is 3.90. The quantitative estimate of drug-likeness (QED) is 0.500. The van der Waals surface area contributed by atoms with Gasteiger partial charge in [-0.3, -0.25) is 0 Å². The lowest BCUT2D eigenvalue weighted by atomic mass is 9.96. The van der Waals surface area contributed by atoms with Crippen LogP contribution in [0.1, 0.15) is 19.3 Å². The lowest BCUT2D eigenvalue weighted by Gasteiger charge is -2.24. The number of hydrogen-bond acceptors (Lipinski definition) is 3. The van der Waals surface area contributed by atoms with E-state index in [0.717, 1.165) is 31.4 Å². The van der Waals surface area contributed by atoms with Gasteiger partial charge in [-0.2, -0.15) is 0 Å². The van der Waals surface area contributed by atoms with Crippen LogP contribution in [0, 0.1) is 0 Å². The molecule has 0 saturated heterocycles. The van der Waals surface area contributed by atoms with Gasteiger partial charge >= 0.3 is 11.9 Å². The first kappa shape index (κ1) is 8.77. The van der Waals surface area contributed by atoms with E-state index < -0.39 is 11.9 Å². The van der Waals surface area contributed by atoms with E-state index in [1.54, 1.807) is 0 Å². The summed E-state index contributed by atoms with van der Waals surface area (Å²) in [5, 5.41) is 8.17. The molecular formula is C8H10O4. The first-order chi connectivity index (χ1) is 5.68. The summed E-state index contributed by atoms with van der Waals surface area (Å²) in [5.74, 6) is -1.71. The predicted molar refractivity (Wildman–Crippen MR) is 40.5 cm³/mol. The molecule has 4 heteroatoms. The smallest absolute Gasteiger partial charge is 0.331 e. The summed E-state index contributed by atoms with van der Waals surface area (Å²) in [7, 11) is 0. The Hall–Kier alpha value is -1.32. The van der Waals surface area contributed by atoms with E-state index in [-0.39, 0.29) is 6.10 Å². The molecule has 1 aliphatic carbocycles. The Morgan fingerprint density at radius 2 is 2.00 bits per heavy atom. The fraction of sp³-hybridized carbons (Fsp3) is 0.500. The van der Waals surface area contributed by atoms with Crippen LogP contribution in [0.3, 0.4) is 0 Å². The number of rotatable bonds is 3. The van der Waals surface area contributed by atoms with Crippen molar-refractivity contribution in [2.45, 2.75) is 25.4 Å². The van der Waals surface area contributed by atoms with E-state index in [9.17, 15) is 9.59 Å². The fourth-order valence-electron chi connectivity index (χ4n) is 0.832. The van der Waals surface area contributed by atoms with E-state index in [2.05, 4.69) is 0 Å². The molecule has 0 spiro atoms. The fourth-order valence-corrected chi connectivity index (χ4v) is 0.832. The molecule has 0 aromatic carbocycles. The average Bonchev–Trinajstić information content (AvgIpc) is 1.93. The summed E-state index contributed by atoms with van der Waals surface area (Å²) < 4.78 is 4.85. The van der Waals surface area contributed by atoms with Crippen molar-refractivity contribution in [3.63, 3.8) is 0 Å². The van der Waals surface area contributed by atoms with Gasteiger partial charge in [-0.05, 0) is 19.3 Å². The third kappa shape index (κ3) is 2.74. The van der Waals surface area contributed by atoms with Gasteiger partial charge in [0.2, 0.25) is 0 Å². The van der Waals surface area contributed by atoms with Gasteiger partial charge in [-0.1, -0.05) is 0 Å². The van der Waals surface area contributed by atoms with Gasteiger partial charge in [0.1, 0.15) is 6.10 Å². The standard InChI is InChI=1S/C8H10O4/c9-7(10)4-5-8(11)12-6-2-1-3-6/h4-6H,1-3H2,(H,9,10)/b5-4-. The Labute approximate surface area is 69.8 Å². The van der Waals surface area contributed by atoms with Gasteiger partial charge in [-0.25, -0.2) is 9.59 Å². The van der Waals surface area contributed by atoms with Gasteiger partial charge in [0.15, 0.2) is 0 Å². The number of esters is 1. The lowest BCUT2D eigenvalue weighted by Crippen LogP contribution is -2.24. The van der Waals surface area contributed by atoms with E-state index in [4.69, 9.17) is 9.84 Å². The summed E-state index contributed by atoms with van der Waals surface area (Å²) in [5.41, 5.74) is 0. The number of carbonyl (C=O) groups excluding carboxylic acids is 1. The molecule has 0 radical (unpaired) electrons. The van der Waals surface area contributed by atoms with E-state index >= 15 is 0 Å². The van der Waals surface area contributed by atoms with Crippen molar-refractivity contribution in [1.82, 2.24) is 0 Å². The minimum absolute atomic E-state index is 0.0101. The third-order valence-corrected chi connectivity index (χ3v) is 1.70. The number of carboxylic acids is 1. The highest BCUT2D eigenvalue weighted by Gasteiger charge is 2.20. The highest BCUT2D eigenvalue weighted by atomic mass is 16.5. The summed E-state index contributed by atoms with van der Waals surface area (Å²) in [6.45, 7) is 0. The molecule has 0 heterocycles. The van der Waals surface area contributed by atoms with Crippen LogP contribution >= 0.6 is 0 Å². The highest BCUT2D eigenvalue weighted by molar-refractivity contribution is 5.90. The molecule has 1 aliphatic rings. The largest absolute Gasteiger partial charge is 0.478 e. The second-order valence-corrected chi connectivity index (χ2v) is 2.66. The van der Waals surface area contributed by atoms with Gasteiger partial charge in [0, 0.05) is 12.2 Å². The van der Waals surface area contributed by atoms with Crippen molar-refractivity contribution < 1.29 is 19.4 Å². The summed E-state index contributed by atoms with van der Waals surface area (Å²) in [6, 6.07) is 0. The lowest BCUT2D eigenvalue weighted by molar-refractivity contribution is -0.147. The molecule has 0 bridgehead atoms. The maximum atomic E-state index is 10.8. The van der Waals surface area contributed by atoms with Crippen LogP contribution in [0.25, 0.3) is 0 Å². The number of carboxylic acid groups (broad SMARTS) is 1. The van der Waals surface area contributed by atoms with Crippen LogP contribution in [0.2, 0.25) is 0 Å². The monoisotopic (exact) mass is 170 g/mol. The molecule has 1 fully saturated rings. The minimum atomic E-state index is -1.14. The molecular weight excluding hydrogens is 160 g/mol. The normalized spacial score (nSPS) is 17.3. The Bertz CT molecular complexity index is 215. The molecule has 66 valence electrons. The Morgan fingerprint density at radius 3 is 2.42 bits per heavy atom. The van der Waals surface area contributed by atoms with Crippen LogP contribution in [-0.4, -0.2) is 23.1 Å². The van der Waals surface area contributed by atoms with Crippen molar-refractivity contribution in [2.75, 3.05) is 0 Å². The molecule has 0 aromatic heterocycles. The van der Waals surface area contributed by atoms with Crippen LogP contribution in [0.15, 0.2) is 12.2 Å². The molecule has 0 aliphatic heterocycles. The Balaban J connectivity index is 2.23. The van der Waals surface area contributed by atoms with Crippen molar-refractivity contribution in [3.05, 3.63) is 12.2 Å². The Morgan fingerprint density at radius 1 is 1.33 bits per heavy atom. The van der Waals surface area contributed by atoms with Crippen molar-refractivity contribution in [1.29, 1.82) is 0 Å². The molecule has 1 saturated carbocycles. The first-order valence-electron chi connectivity index (χ1n) is 3.80.